The zero-order chi connectivity index (χ0) is 16.4. The second-order valence-electron chi connectivity index (χ2n) is 5.38. The molecule has 1 heterocycles. The van der Waals surface area contributed by atoms with Crippen molar-refractivity contribution in [1.29, 1.82) is 0 Å². The number of hydrogen-bond acceptors (Lipinski definition) is 5. The molecule has 0 saturated carbocycles. The van der Waals surface area contributed by atoms with Gasteiger partial charge in [-0.05, 0) is 41.4 Å². The largest absolute Gasteiger partial charge is 0.243 e. The number of fused-ring (bicyclic) bond motifs is 1. The van der Waals surface area contributed by atoms with Crippen LogP contribution in [0, 0.1) is 6.92 Å². The summed E-state index contributed by atoms with van der Waals surface area (Å²) in [5, 5.41) is 7.38. The van der Waals surface area contributed by atoms with E-state index in [0.29, 0.717) is 11.9 Å². The van der Waals surface area contributed by atoms with E-state index < -0.39 is 10.0 Å². The van der Waals surface area contributed by atoms with Crippen molar-refractivity contribution in [1.82, 2.24) is 15.0 Å². The van der Waals surface area contributed by atoms with Crippen LogP contribution < -0.4 is 4.72 Å². The number of nitrogens with one attached hydrogen (secondary N) is 1. The van der Waals surface area contributed by atoms with Crippen molar-refractivity contribution < 1.29 is 13.0 Å². The molecule has 0 radical (unpaired) electrons. The van der Waals surface area contributed by atoms with Gasteiger partial charge in [-0.15, -0.1) is 0 Å². The molecule has 1 N–H and O–H groups in total. The highest BCUT2D eigenvalue weighted by atomic mass is 32.2. The molecule has 3 rings (SSSR count). The van der Waals surface area contributed by atoms with E-state index in [4.69, 9.17) is 0 Å². The number of sulfonamides is 1. The van der Waals surface area contributed by atoms with Gasteiger partial charge in [-0.3, -0.25) is 0 Å². The molecule has 0 aliphatic heterocycles. The summed E-state index contributed by atoms with van der Waals surface area (Å²) in [4.78, 5) is 0.0711. The lowest BCUT2D eigenvalue weighted by Gasteiger charge is -2.17. The van der Waals surface area contributed by atoms with E-state index in [1.807, 2.05) is 38.1 Å². The van der Waals surface area contributed by atoms with Gasteiger partial charge in [0, 0.05) is 6.04 Å². The number of rotatable bonds is 5. The molecule has 23 heavy (non-hydrogen) atoms. The van der Waals surface area contributed by atoms with Gasteiger partial charge in [0.2, 0.25) is 10.0 Å². The van der Waals surface area contributed by atoms with Crippen LogP contribution in [0.5, 0.6) is 0 Å². The molecule has 0 aliphatic carbocycles. The van der Waals surface area contributed by atoms with Crippen LogP contribution in [-0.2, 0) is 10.0 Å². The van der Waals surface area contributed by atoms with Crippen molar-refractivity contribution in [2.24, 2.45) is 0 Å². The number of hydrogen-bond donors (Lipinski definition) is 1. The van der Waals surface area contributed by atoms with Gasteiger partial charge in [-0.2, -0.15) is 0 Å². The predicted molar refractivity (Wildman–Crippen MR) is 86.3 cm³/mol. The molecule has 3 aromatic rings. The zero-order valence-electron chi connectivity index (χ0n) is 12.9. The fourth-order valence-electron chi connectivity index (χ4n) is 2.43. The monoisotopic (exact) mass is 331 g/mol. The van der Waals surface area contributed by atoms with E-state index in [0.717, 1.165) is 11.1 Å². The van der Waals surface area contributed by atoms with Crippen molar-refractivity contribution in [2.45, 2.75) is 31.2 Å². The van der Waals surface area contributed by atoms with Crippen LogP contribution in [0.3, 0.4) is 0 Å². The van der Waals surface area contributed by atoms with Crippen molar-refractivity contribution in [3.05, 3.63) is 53.6 Å². The molecule has 120 valence electrons. The maximum atomic E-state index is 12.7. The minimum Gasteiger partial charge on any atom is -0.243 e. The van der Waals surface area contributed by atoms with Crippen LogP contribution in [0.25, 0.3) is 11.0 Å². The van der Waals surface area contributed by atoms with Crippen LogP contribution in [0.15, 0.2) is 52.0 Å². The topological polar surface area (TPSA) is 85.1 Å². The van der Waals surface area contributed by atoms with Crippen LogP contribution in [0.2, 0.25) is 0 Å². The Bertz CT molecular complexity index is 917. The van der Waals surface area contributed by atoms with E-state index in [9.17, 15) is 8.42 Å². The van der Waals surface area contributed by atoms with Gasteiger partial charge >= 0.3 is 0 Å². The Balaban J connectivity index is 1.96. The van der Waals surface area contributed by atoms with E-state index in [1.54, 1.807) is 12.1 Å². The van der Waals surface area contributed by atoms with Gasteiger partial charge in [-0.1, -0.05) is 42.8 Å². The quantitative estimate of drug-likeness (QED) is 0.777. The van der Waals surface area contributed by atoms with Crippen LogP contribution in [0.1, 0.15) is 30.5 Å². The van der Waals surface area contributed by atoms with Gasteiger partial charge in [0.05, 0.1) is 0 Å². The molecular formula is C16H17N3O3S. The molecule has 0 amide bonds. The molecule has 0 fully saturated rings. The molecule has 6 nitrogen and oxygen atoms in total. The molecule has 0 saturated heterocycles. The first-order valence-electron chi connectivity index (χ1n) is 7.31. The average molecular weight is 331 g/mol. The standard InChI is InChI=1S/C16H17N3O3S/c1-3-13(12-9-7-11(2)8-10-12)19-23(20,21)15-6-4-5-14-16(15)18-22-17-14/h4-10,13,19H,3H2,1-2H3. The summed E-state index contributed by atoms with van der Waals surface area (Å²) in [5.74, 6) is 0. The maximum Gasteiger partial charge on any atom is 0.243 e. The van der Waals surface area contributed by atoms with Crippen molar-refractivity contribution in [3.63, 3.8) is 0 Å². The average Bonchev–Trinajstić information content (AvgIpc) is 3.02. The fourth-order valence-corrected chi connectivity index (χ4v) is 3.89. The summed E-state index contributed by atoms with van der Waals surface area (Å²) in [5.41, 5.74) is 2.70. The highest BCUT2D eigenvalue weighted by Crippen LogP contribution is 2.24. The molecule has 7 heteroatoms. The first-order valence-corrected chi connectivity index (χ1v) is 8.80. The van der Waals surface area contributed by atoms with Gasteiger partial charge in [0.15, 0.2) is 5.52 Å². The van der Waals surface area contributed by atoms with Crippen LogP contribution in [0.4, 0.5) is 0 Å². The molecule has 0 bridgehead atoms. The Morgan fingerprint density at radius 2 is 1.87 bits per heavy atom. The third-order valence-corrected chi connectivity index (χ3v) is 5.23. The van der Waals surface area contributed by atoms with Gasteiger partial charge < -0.3 is 0 Å². The first kappa shape index (κ1) is 15.6. The lowest BCUT2D eigenvalue weighted by atomic mass is 10.0. The number of benzene rings is 2. The SMILES string of the molecule is CCC(NS(=O)(=O)c1cccc2nonc12)c1ccc(C)cc1. The summed E-state index contributed by atoms with van der Waals surface area (Å²) in [6, 6.07) is 12.3. The minimum absolute atomic E-state index is 0.0711. The summed E-state index contributed by atoms with van der Waals surface area (Å²) < 4.78 is 32.8. The number of aryl methyl sites for hydroxylation is 1. The van der Waals surface area contributed by atoms with Crippen molar-refractivity contribution in [3.8, 4) is 0 Å². The normalized spacial score (nSPS) is 13.3. The van der Waals surface area contributed by atoms with E-state index in [-0.39, 0.29) is 16.5 Å². The smallest absolute Gasteiger partial charge is 0.243 e. The third kappa shape index (κ3) is 3.11. The maximum absolute atomic E-state index is 12.7. The number of aromatic nitrogens is 2. The Labute approximate surface area is 134 Å². The van der Waals surface area contributed by atoms with E-state index in [1.165, 1.54) is 6.07 Å². The van der Waals surface area contributed by atoms with E-state index in [2.05, 4.69) is 19.7 Å². The Hall–Kier alpha value is -2.25. The third-order valence-electron chi connectivity index (χ3n) is 3.72. The molecule has 2 aromatic carbocycles. The highest BCUT2D eigenvalue weighted by Gasteiger charge is 2.24. The first-order chi connectivity index (χ1) is 11.0. The zero-order valence-corrected chi connectivity index (χ0v) is 13.7. The Morgan fingerprint density at radius 1 is 1.13 bits per heavy atom. The molecule has 0 spiro atoms. The summed E-state index contributed by atoms with van der Waals surface area (Å²) in [7, 11) is -3.74. The van der Waals surface area contributed by atoms with E-state index >= 15 is 0 Å². The molecule has 1 aromatic heterocycles. The molecule has 1 unspecified atom stereocenters. The summed E-state index contributed by atoms with van der Waals surface area (Å²) in [6.07, 6.45) is 0.634. The second kappa shape index (κ2) is 6.10. The number of nitrogens with zero attached hydrogens (tertiary/aromatic N) is 2. The lowest BCUT2D eigenvalue weighted by Crippen LogP contribution is -2.28. The predicted octanol–water partition coefficient (Wildman–Crippen LogP) is 2.96. The van der Waals surface area contributed by atoms with Gasteiger partial charge in [-0.25, -0.2) is 17.8 Å². The fraction of sp³-hybridized carbons (Fsp3) is 0.250. The van der Waals surface area contributed by atoms with Crippen LogP contribution in [-0.4, -0.2) is 18.7 Å². The van der Waals surface area contributed by atoms with Crippen molar-refractivity contribution in [2.75, 3.05) is 0 Å². The molecule has 1 atom stereocenters. The van der Waals surface area contributed by atoms with Gasteiger partial charge in [0.25, 0.3) is 0 Å². The molecular weight excluding hydrogens is 314 g/mol. The molecule has 0 aliphatic rings. The summed E-state index contributed by atoms with van der Waals surface area (Å²) in [6.45, 7) is 3.93. The highest BCUT2D eigenvalue weighted by molar-refractivity contribution is 7.89. The summed E-state index contributed by atoms with van der Waals surface area (Å²) >= 11 is 0. The minimum atomic E-state index is -3.74. The Morgan fingerprint density at radius 3 is 2.57 bits per heavy atom. The van der Waals surface area contributed by atoms with Gasteiger partial charge in [0.1, 0.15) is 10.4 Å². The van der Waals surface area contributed by atoms with Crippen molar-refractivity contribution >= 4 is 21.1 Å². The Kier molecular flexibility index (Phi) is 4.14. The van der Waals surface area contributed by atoms with Crippen LogP contribution >= 0.6 is 0 Å². The second-order valence-corrected chi connectivity index (χ2v) is 7.06. The lowest BCUT2D eigenvalue weighted by molar-refractivity contribution is 0.315.